The fraction of sp³-hybridized carbons (Fsp3) is 0.533. The lowest BCUT2D eigenvalue weighted by atomic mass is 10.0. The maximum Gasteiger partial charge on any atom is 0.330 e. The molecular weight excluding hydrogens is 240 g/mol. The first-order chi connectivity index (χ1) is 8.40. The molecule has 0 fully saturated rings. The summed E-state index contributed by atoms with van der Waals surface area (Å²) in [5.74, 6) is -0.773. The van der Waals surface area contributed by atoms with Crippen molar-refractivity contribution in [2.24, 2.45) is 0 Å². The van der Waals surface area contributed by atoms with Crippen LogP contribution in [0.15, 0.2) is 36.1 Å². The third kappa shape index (κ3) is 5.49. The molecule has 2 nitrogen and oxygen atoms in total. The molecule has 0 heterocycles. The maximum absolute atomic E-state index is 11.1. The molecule has 0 aromatic carbocycles. The third-order valence-corrected chi connectivity index (χ3v) is 6.06. The summed E-state index contributed by atoms with van der Waals surface area (Å²) in [7, 11) is -0.624. The van der Waals surface area contributed by atoms with Gasteiger partial charge in [-0.05, 0) is 31.2 Å². The Morgan fingerprint density at radius 3 is 2.17 bits per heavy atom. The summed E-state index contributed by atoms with van der Waals surface area (Å²) in [5.41, 5.74) is 0.558. The fourth-order valence-electron chi connectivity index (χ4n) is 2.30. The van der Waals surface area contributed by atoms with Gasteiger partial charge in [-0.15, -0.1) is 13.2 Å². The average Bonchev–Trinajstić information content (AvgIpc) is 2.28. The minimum absolute atomic E-state index is 0.171. The van der Waals surface area contributed by atoms with E-state index in [1.54, 1.807) is 6.92 Å². The van der Waals surface area contributed by atoms with Crippen LogP contribution in [0.2, 0.25) is 5.04 Å². The Labute approximate surface area is 113 Å². The zero-order valence-corrected chi connectivity index (χ0v) is 13.4. The van der Waals surface area contributed by atoms with Crippen LogP contribution in [0, 0.1) is 0 Å². The van der Waals surface area contributed by atoms with Crippen LogP contribution in [0.3, 0.4) is 0 Å². The molecule has 0 bridgehead atoms. The van der Waals surface area contributed by atoms with E-state index in [4.69, 9.17) is 5.11 Å². The van der Waals surface area contributed by atoms with Crippen molar-refractivity contribution in [1.29, 1.82) is 0 Å². The van der Waals surface area contributed by atoms with Crippen molar-refractivity contribution in [3.63, 3.8) is 0 Å². The second-order valence-electron chi connectivity index (χ2n) is 5.26. The van der Waals surface area contributed by atoms with Gasteiger partial charge in [0.2, 0.25) is 0 Å². The Hall–Kier alpha value is -1.09. The highest BCUT2D eigenvalue weighted by Crippen LogP contribution is 2.37. The second kappa shape index (κ2) is 8.09. The third-order valence-electron chi connectivity index (χ3n) is 3.32. The predicted octanol–water partition coefficient (Wildman–Crippen LogP) is 3.64. The van der Waals surface area contributed by atoms with Gasteiger partial charge in [-0.1, -0.05) is 37.6 Å². The number of carboxylic acids is 1. The molecule has 0 saturated heterocycles. The van der Waals surface area contributed by atoms with Crippen LogP contribution in [0.4, 0.5) is 0 Å². The van der Waals surface area contributed by atoms with E-state index in [1.165, 1.54) is 5.20 Å². The molecule has 0 aliphatic rings. The number of carbonyl (C=O) groups is 1. The summed E-state index contributed by atoms with van der Waals surface area (Å²) in [6.45, 7) is 13.7. The minimum atomic E-state index is -0.773. The zero-order valence-electron chi connectivity index (χ0n) is 12.0. The normalized spacial score (nSPS) is 13.5. The van der Waals surface area contributed by atoms with E-state index in [9.17, 15) is 4.79 Å². The van der Waals surface area contributed by atoms with Gasteiger partial charge in [0.25, 0.3) is 0 Å². The molecular formula is C15H26O2Si. The van der Waals surface area contributed by atoms with Gasteiger partial charge in [0.05, 0.1) is 9.52 Å². The highest BCUT2D eigenvalue weighted by molar-refractivity contribution is 6.50. The summed E-state index contributed by atoms with van der Waals surface area (Å²) in [6.07, 6.45) is 7.67. The first-order valence-electron chi connectivity index (χ1n) is 6.54. The van der Waals surface area contributed by atoms with Crippen LogP contribution in [0.25, 0.3) is 0 Å². The lowest BCUT2D eigenvalue weighted by Gasteiger charge is -2.28. The Morgan fingerprint density at radius 1 is 1.33 bits per heavy atom. The molecule has 0 aromatic heterocycles. The summed E-state index contributed by atoms with van der Waals surface area (Å²) in [4.78, 5) is 11.1. The Morgan fingerprint density at radius 2 is 1.83 bits per heavy atom. The van der Waals surface area contributed by atoms with E-state index >= 15 is 0 Å². The highest BCUT2D eigenvalue weighted by Gasteiger charge is 2.25. The first kappa shape index (κ1) is 16.9. The molecule has 3 heteroatoms. The number of aliphatic carboxylic acids is 1. The predicted molar refractivity (Wildman–Crippen MR) is 81.8 cm³/mol. The summed E-state index contributed by atoms with van der Waals surface area (Å²) >= 11 is 0. The van der Waals surface area contributed by atoms with Gasteiger partial charge in [-0.3, -0.25) is 0 Å². The van der Waals surface area contributed by atoms with E-state index in [0.717, 1.165) is 25.7 Å². The molecule has 0 unspecified atom stereocenters. The number of hydrogen-bond acceptors (Lipinski definition) is 1. The Kier molecular flexibility index (Phi) is 7.60. The fourth-order valence-corrected chi connectivity index (χ4v) is 4.98. The first-order valence-corrected chi connectivity index (χ1v) is 7.95. The second-order valence-corrected chi connectivity index (χ2v) is 8.17. The van der Waals surface area contributed by atoms with Crippen LogP contribution in [-0.4, -0.2) is 20.6 Å². The summed E-state index contributed by atoms with van der Waals surface area (Å²) in [6, 6.07) is 0. The molecule has 0 saturated carbocycles. The highest BCUT2D eigenvalue weighted by atomic mass is 28.2. The molecule has 0 radical (unpaired) electrons. The van der Waals surface area contributed by atoms with Crippen LogP contribution in [0.5, 0.6) is 0 Å². The largest absolute Gasteiger partial charge is 0.478 e. The van der Waals surface area contributed by atoms with Gasteiger partial charge < -0.3 is 5.11 Å². The van der Waals surface area contributed by atoms with Crippen molar-refractivity contribution < 1.29 is 9.90 Å². The molecule has 0 atom stereocenters. The Balaban J connectivity index is 5.15. The lowest BCUT2D eigenvalue weighted by molar-refractivity contribution is -0.132. The van der Waals surface area contributed by atoms with Gasteiger partial charge in [0.15, 0.2) is 0 Å². The summed E-state index contributed by atoms with van der Waals surface area (Å²) in [5, 5.41) is 10.5. The van der Waals surface area contributed by atoms with Crippen molar-refractivity contribution in [2.75, 3.05) is 0 Å². The van der Waals surface area contributed by atoms with Crippen LogP contribution in [-0.2, 0) is 4.79 Å². The molecule has 0 rings (SSSR count). The van der Waals surface area contributed by atoms with Crippen molar-refractivity contribution in [2.45, 2.75) is 51.5 Å². The van der Waals surface area contributed by atoms with Crippen molar-refractivity contribution in [3.05, 3.63) is 36.1 Å². The van der Waals surface area contributed by atoms with E-state index in [-0.39, 0.29) is 5.04 Å². The maximum atomic E-state index is 11.1. The van der Waals surface area contributed by atoms with E-state index < -0.39 is 15.5 Å². The van der Waals surface area contributed by atoms with E-state index in [1.807, 2.05) is 12.2 Å². The molecule has 0 aliphatic heterocycles. The number of rotatable bonds is 9. The molecule has 0 amide bonds. The van der Waals surface area contributed by atoms with Crippen molar-refractivity contribution >= 4 is 15.5 Å². The smallest absolute Gasteiger partial charge is 0.330 e. The number of hydrogen-bond donors (Lipinski definition) is 1. The monoisotopic (exact) mass is 266 g/mol. The molecule has 102 valence electrons. The number of allylic oxidation sites excluding steroid dienone is 3. The average molecular weight is 266 g/mol. The van der Waals surface area contributed by atoms with E-state index in [0.29, 0.717) is 5.57 Å². The van der Waals surface area contributed by atoms with E-state index in [2.05, 4.69) is 27.0 Å². The topological polar surface area (TPSA) is 37.3 Å². The minimum Gasteiger partial charge on any atom is -0.478 e. The number of carboxylic acid groups (broad SMARTS) is 1. The van der Waals surface area contributed by atoms with Gasteiger partial charge in [0.1, 0.15) is 0 Å². The SMILES string of the molecule is C=CCC(C)(CC=C)[SiH2]C(CCC)=C(C)C(=O)O. The molecule has 0 spiro atoms. The molecule has 1 N–H and O–H groups in total. The zero-order chi connectivity index (χ0) is 14.2. The van der Waals surface area contributed by atoms with Crippen LogP contribution in [0.1, 0.15) is 46.5 Å². The Bertz CT molecular complexity index is 332. The van der Waals surface area contributed by atoms with Gasteiger partial charge in [-0.25, -0.2) is 4.79 Å². The van der Waals surface area contributed by atoms with Crippen molar-refractivity contribution in [1.82, 2.24) is 0 Å². The van der Waals surface area contributed by atoms with Crippen LogP contribution >= 0.6 is 0 Å². The lowest BCUT2D eigenvalue weighted by Crippen LogP contribution is -2.20. The molecule has 0 aliphatic carbocycles. The van der Waals surface area contributed by atoms with Gasteiger partial charge in [0, 0.05) is 5.57 Å². The summed E-state index contributed by atoms with van der Waals surface area (Å²) < 4.78 is 0. The molecule has 18 heavy (non-hydrogen) atoms. The van der Waals surface area contributed by atoms with Gasteiger partial charge >= 0.3 is 5.97 Å². The van der Waals surface area contributed by atoms with Crippen LogP contribution < -0.4 is 0 Å². The van der Waals surface area contributed by atoms with Gasteiger partial charge in [-0.2, -0.15) is 0 Å². The molecule has 0 aromatic rings. The standard InChI is InChI=1S/C15H26O2Si/c1-6-9-13(12(4)14(16)17)18-15(5,10-7-2)11-8-3/h7-8H,2-3,6,9-11,18H2,1,4-5H3,(H,16,17). The quantitative estimate of drug-likeness (QED) is 0.393. The van der Waals surface area contributed by atoms with Crippen molar-refractivity contribution in [3.8, 4) is 0 Å².